The van der Waals surface area contributed by atoms with Crippen molar-refractivity contribution in [3.05, 3.63) is 64.2 Å². The minimum Gasteiger partial charge on any atom is -0.496 e. The molecule has 7 heteroatoms. The van der Waals surface area contributed by atoms with E-state index < -0.39 is 5.97 Å². The lowest BCUT2D eigenvalue weighted by Gasteiger charge is -2.09. The number of ether oxygens (including phenoxy) is 1. The lowest BCUT2D eigenvalue weighted by Crippen LogP contribution is -2.19. The minimum absolute atomic E-state index is 0.165. The van der Waals surface area contributed by atoms with Crippen molar-refractivity contribution in [2.24, 2.45) is 5.10 Å². The molecule has 2 rings (SSSR count). The van der Waals surface area contributed by atoms with E-state index in [9.17, 15) is 9.59 Å². The number of hydrogen-bond donors (Lipinski definition) is 2. The van der Waals surface area contributed by atoms with Gasteiger partial charge in [-0.25, -0.2) is 5.43 Å². The number of hydrazone groups is 1. The van der Waals surface area contributed by atoms with E-state index in [4.69, 9.17) is 21.4 Å². The Kier molecular flexibility index (Phi) is 6.14. The van der Waals surface area contributed by atoms with Crippen molar-refractivity contribution >= 4 is 29.2 Å². The molecule has 2 aromatic rings. The molecule has 0 unspecified atom stereocenters. The Hall–Kier alpha value is -2.86. The average molecular weight is 361 g/mol. The number of hydrogen-bond acceptors (Lipinski definition) is 4. The molecule has 0 radical (unpaired) electrons. The van der Waals surface area contributed by atoms with Crippen LogP contribution in [-0.2, 0) is 11.2 Å². The molecule has 0 aromatic heterocycles. The summed E-state index contributed by atoms with van der Waals surface area (Å²) in [5.41, 5.74) is 4.66. The molecule has 0 saturated carbocycles. The van der Waals surface area contributed by atoms with Gasteiger partial charge in [-0.3, -0.25) is 9.59 Å². The number of benzene rings is 2. The molecule has 0 aliphatic carbocycles. The Morgan fingerprint density at radius 1 is 1.16 bits per heavy atom. The predicted molar refractivity (Wildman–Crippen MR) is 95.5 cm³/mol. The second-order valence-corrected chi connectivity index (χ2v) is 5.68. The van der Waals surface area contributed by atoms with Crippen molar-refractivity contribution in [1.82, 2.24) is 5.43 Å². The van der Waals surface area contributed by atoms with Crippen LogP contribution < -0.4 is 10.2 Å². The van der Waals surface area contributed by atoms with E-state index in [-0.39, 0.29) is 12.3 Å². The number of rotatable bonds is 6. The van der Waals surface area contributed by atoms with Crippen molar-refractivity contribution in [1.29, 1.82) is 0 Å². The fraction of sp³-hybridized carbons (Fsp3) is 0.167. The summed E-state index contributed by atoms with van der Waals surface area (Å²) in [5.74, 6) is -0.833. The van der Waals surface area contributed by atoms with Crippen molar-refractivity contribution in [3.63, 3.8) is 0 Å². The third-order valence-corrected chi connectivity index (χ3v) is 3.72. The highest BCUT2D eigenvalue weighted by Gasteiger charge is 2.10. The number of halogens is 1. The summed E-state index contributed by atoms with van der Waals surface area (Å²) in [6.07, 6.45) is -0.165. The van der Waals surface area contributed by atoms with E-state index in [0.29, 0.717) is 33.2 Å². The predicted octanol–water partition coefficient (Wildman–Crippen LogP) is 3.13. The molecule has 0 aliphatic rings. The van der Waals surface area contributed by atoms with Gasteiger partial charge in [0.25, 0.3) is 5.91 Å². The molecule has 0 fully saturated rings. The monoisotopic (exact) mass is 360 g/mol. The molecule has 0 heterocycles. The van der Waals surface area contributed by atoms with Gasteiger partial charge in [0, 0.05) is 16.1 Å². The highest BCUT2D eigenvalue weighted by Crippen LogP contribution is 2.21. The number of aliphatic carboxylic acids is 1. The molecule has 2 aromatic carbocycles. The summed E-state index contributed by atoms with van der Waals surface area (Å²) >= 11 is 5.79. The smallest absolute Gasteiger partial charge is 0.307 e. The third kappa shape index (κ3) is 5.06. The lowest BCUT2D eigenvalue weighted by molar-refractivity contribution is -0.136. The first-order valence-electron chi connectivity index (χ1n) is 7.40. The molecule has 0 atom stereocenters. The number of carbonyl (C=O) groups excluding carboxylic acids is 1. The van der Waals surface area contributed by atoms with Crippen LogP contribution in [0.3, 0.4) is 0 Å². The first-order chi connectivity index (χ1) is 11.9. The van der Waals surface area contributed by atoms with Crippen LogP contribution in [0.2, 0.25) is 5.02 Å². The number of nitrogens with one attached hydrogen (secondary N) is 1. The average Bonchev–Trinajstić information content (AvgIpc) is 2.59. The van der Waals surface area contributed by atoms with Crippen LogP contribution in [0, 0.1) is 0 Å². The standard InChI is InChI=1S/C18H17ClN2O4/c1-11(20-21-18(24)12-3-6-15(19)7-4-12)13-5-8-16(25-2)14(9-13)10-17(22)23/h3-9H,10H2,1-2H3,(H,21,24)(H,22,23)/b20-11-. The summed E-state index contributed by atoms with van der Waals surface area (Å²) in [5, 5.41) is 13.6. The molecule has 1 amide bonds. The molecule has 0 saturated heterocycles. The summed E-state index contributed by atoms with van der Waals surface area (Å²) < 4.78 is 5.16. The van der Waals surface area contributed by atoms with Gasteiger partial charge in [-0.05, 0) is 55.0 Å². The zero-order valence-corrected chi connectivity index (χ0v) is 14.5. The number of carboxylic acid groups (broad SMARTS) is 1. The zero-order valence-electron chi connectivity index (χ0n) is 13.7. The SMILES string of the molecule is COc1ccc(/C(C)=N\NC(=O)c2ccc(Cl)cc2)cc1CC(=O)O. The maximum atomic E-state index is 12.0. The van der Waals surface area contributed by atoms with Crippen LogP contribution in [0.1, 0.15) is 28.4 Å². The van der Waals surface area contributed by atoms with E-state index in [2.05, 4.69) is 10.5 Å². The fourth-order valence-electron chi connectivity index (χ4n) is 2.17. The van der Waals surface area contributed by atoms with Crippen molar-refractivity contribution < 1.29 is 19.4 Å². The highest BCUT2D eigenvalue weighted by molar-refractivity contribution is 6.30. The van der Waals surface area contributed by atoms with E-state index in [1.54, 1.807) is 49.4 Å². The summed E-state index contributed by atoms with van der Waals surface area (Å²) in [4.78, 5) is 23.0. The number of nitrogens with zero attached hydrogens (tertiary/aromatic N) is 1. The molecule has 0 spiro atoms. The van der Waals surface area contributed by atoms with Crippen LogP contribution in [0.4, 0.5) is 0 Å². The van der Waals surface area contributed by atoms with E-state index >= 15 is 0 Å². The number of carbonyl (C=O) groups is 2. The van der Waals surface area contributed by atoms with Gasteiger partial charge in [0.15, 0.2) is 0 Å². The second-order valence-electron chi connectivity index (χ2n) is 5.24. The van der Waals surface area contributed by atoms with Gasteiger partial charge < -0.3 is 9.84 Å². The van der Waals surface area contributed by atoms with E-state index in [0.717, 1.165) is 0 Å². The van der Waals surface area contributed by atoms with Gasteiger partial charge in [-0.2, -0.15) is 5.10 Å². The molecule has 25 heavy (non-hydrogen) atoms. The maximum absolute atomic E-state index is 12.0. The van der Waals surface area contributed by atoms with Crippen LogP contribution in [0.25, 0.3) is 0 Å². The quantitative estimate of drug-likeness (QED) is 0.612. The van der Waals surface area contributed by atoms with E-state index in [1.807, 2.05) is 0 Å². The molecular weight excluding hydrogens is 344 g/mol. The normalized spacial score (nSPS) is 11.1. The second kappa shape index (κ2) is 8.30. The van der Waals surface area contributed by atoms with Gasteiger partial charge in [0.05, 0.1) is 19.2 Å². The van der Waals surface area contributed by atoms with Crippen LogP contribution in [-0.4, -0.2) is 29.8 Å². The highest BCUT2D eigenvalue weighted by atomic mass is 35.5. The molecule has 6 nitrogen and oxygen atoms in total. The van der Waals surface area contributed by atoms with Gasteiger partial charge in [-0.1, -0.05) is 11.6 Å². The Morgan fingerprint density at radius 2 is 1.80 bits per heavy atom. The Balaban J connectivity index is 2.17. The minimum atomic E-state index is -0.957. The lowest BCUT2D eigenvalue weighted by atomic mass is 10.0. The maximum Gasteiger partial charge on any atom is 0.307 e. The Labute approximate surface area is 150 Å². The topological polar surface area (TPSA) is 88.0 Å². The molecule has 0 bridgehead atoms. The van der Waals surface area contributed by atoms with E-state index in [1.165, 1.54) is 7.11 Å². The summed E-state index contributed by atoms with van der Waals surface area (Å²) in [6, 6.07) is 11.5. The molecular formula is C18H17ClN2O4. The fourth-order valence-corrected chi connectivity index (χ4v) is 2.30. The number of methoxy groups -OCH3 is 1. The molecule has 130 valence electrons. The number of amides is 1. The Bertz CT molecular complexity index is 816. The van der Waals surface area contributed by atoms with Crippen LogP contribution >= 0.6 is 11.6 Å². The van der Waals surface area contributed by atoms with Crippen molar-refractivity contribution in [2.45, 2.75) is 13.3 Å². The van der Waals surface area contributed by atoms with Gasteiger partial charge in [0.1, 0.15) is 5.75 Å². The van der Waals surface area contributed by atoms with Crippen LogP contribution in [0.15, 0.2) is 47.6 Å². The summed E-state index contributed by atoms with van der Waals surface area (Å²) in [6.45, 7) is 1.72. The zero-order chi connectivity index (χ0) is 18.4. The molecule has 2 N–H and O–H groups in total. The third-order valence-electron chi connectivity index (χ3n) is 3.47. The number of carboxylic acids is 1. The first-order valence-corrected chi connectivity index (χ1v) is 7.77. The van der Waals surface area contributed by atoms with Crippen molar-refractivity contribution in [3.8, 4) is 5.75 Å². The van der Waals surface area contributed by atoms with Gasteiger partial charge in [0.2, 0.25) is 0 Å². The van der Waals surface area contributed by atoms with Crippen molar-refractivity contribution in [2.75, 3.05) is 7.11 Å². The Morgan fingerprint density at radius 3 is 2.40 bits per heavy atom. The van der Waals surface area contributed by atoms with Crippen LogP contribution in [0.5, 0.6) is 5.75 Å². The summed E-state index contributed by atoms with van der Waals surface area (Å²) in [7, 11) is 1.48. The molecule has 0 aliphatic heterocycles. The van der Waals surface area contributed by atoms with Gasteiger partial charge >= 0.3 is 5.97 Å². The largest absolute Gasteiger partial charge is 0.496 e. The van der Waals surface area contributed by atoms with Gasteiger partial charge in [-0.15, -0.1) is 0 Å². The first kappa shape index (κ1) is 18.5.